The summed E-state index contributed by atoms with van der Waals surface area (Å²) in [7, 11) is 0. The third-order valence-corrected chi connectivity index (χ3v) is 7.29. The Morgan fingerprint density at radius 1 is 1.11 bits per heavy atom. The minimum absolute atomic E-state index is 0.188. The molecule has 1 aromatic carbocycles. The fourth-order valence-corrected chi connectivity index (χ4v) is 5.23. The molecule has 1 saturated heterocycles. The lowest BCUT2D eigenvalue weighted by Crippen LogP contribution is -2.38. The molecule has 1 fully saturated rings. The number of carbonyl (C=O) groups is 2. The van der Waals surface area contributed by atoms with Crippen molar-refractivity contribution in [3.8, 4) is 11.6 Å². The molecule has 2 aromatic heterocycles. The van der Waals surface area contributed by atoms with Crippen LogP contribution in [-0.4, -0.2) is 58.2 Å². The number of amides is 3. The molecule has 0 unspecified atom stereocenters. The molecule has 2 aliphatic rings. The molecule has 188 valence electrons. The number of hydrogen-bond acceptors (Lipinski definition) is 8. The maximum Gasteiger partial charge on any atom is 0.320 e. The van der Waals surface area contributed by atoms with Gasteiger partial charge in [-0.15, -0.1) is 10.2 Å². The minimum Gasteiger partial charge on any atom is -0.438 e. The quantitative estimate of drug-likeness (QED) is 0.441. The number of hydrogen-bond donors (Lipinski definition) is 3. The zero-order chi connectivity index (χ0) is 25.1. The Balaban J connectivity index is 1.35. The molecule has 3 amide bonds. The van der Waals surface area contributed by atoms with Crippen molar-refractivity contribution < 1.29 is 14.3 Å². The third kappa shape index (κ3) is 5.02. The maximum absolute atomic E-state index is 13.4. The molecule has 2 aliphatic heterocycles. The first kappa shape index (κ1) is 24.1. The number of rotatable bonds is 7. The van der Waals surface area contributed by atoms with E-state index in [-0.39, 0.29) is 17.9 Å². The van der Waals surface area contributed by atoms with Crippen molar-refractivity contribution in [1.29, 1.82) is 0 Å². The molecule has 0 bridgehead atoms. The second-order valence-electron chi connectivity index (χ2n) is 9.51. The summed E-state index contributed by atoms with van der Waals surface area (Å²) in [5.74, 6) is 0.853. The second-order valence-corrected chi connectivity index (χ2v) is 10.3. The number of nitrogens with zero attached hydrogens (tertiary/aromatic N) is 4. The average Bonchev–Trinajstić information content (AvgIpc) is 3.57. The lowest BCUT2D eigenvalue weighted by Gasteiger charge is -2.37. The Morgan fingerprint density at radius 3 is 2.69 bits per heavy atom. The minimum atomic E-state index is -0.871. The SMILES string of the molecule is CC(C)(C(=O)Nc1nncs1)[C@H]1c2ccccc2Oc2nc(NC(=O)NCCN3CCCC3)ccc21. The van der Waals surface area contributed by atoms with Gasteiger partial charge in [0.15, 0.2) is 0 Å². The van der Waals surface area contributed by atoms with Gasteiger partial charge >= 0.3 is 6.03 Å². The van der Waals surface area contributed by atoms with Gasteiger partial charge < -0.3 is 20.3 Å². The van der Waals surface area contributed by atoms with E-state index in [0.29, 0.717) is 29.1 Å². The van der Waals surface area contributed by atoms with Crippen LogP contribution in [0.25, 0.3) is 0 Å². The number of aromatic nitrogens is 3. The van der Waals surface area contributed by atoms with Crippen molar-refractivity contribution in [2.45, 2.75) is 32.6 Å². The molecule has 10 nitrogen and oxygen atoms in total. The van der Waals surface area contributed by atoms with E-state index < -0.39 is 5.41 Å². The molecule has 1 atom stereocenters. The van der Waals surface area contributed by atoms with Crippen LogP contribution in [0.3, 0.4) is 0 Å². The fraction of sp³-hybridized carbons (Fsp3) is 0.400. The number of carbonyl (C=O) groups excluding carboxylic acids is 2. The van der Waals surface area contributed by atoms with Gasteiger partial charge in [-0.1, -0.05) is 43.4 Å². The van der Waals surface area contributed by atoms with Gasteiger partial charge in [0, 0.05) is 30.1 Å². The predicted molar refractivity (Wildman–Crippen MR) is 138 cm³/mol. The van der Waals surface area contributed by atoms with Crippen molar-refractivity contribution >= 4 is 34.2 Å². The van der Waals surface area contributed by atoms with Gasteiger partial charge in [0.1, 0.15) is 17.1 Å². The van der Waals surface area contributed by atoms with Gasteiger partial charge in [-0.25, -0.2) is 4.79 Å². The second kappa shape index (κ2) is 10.2. The van der Waals surface area contributed by atoms with Gasteiger partial charge in [-0.05, 0) is 44.1 Å². The highest BCUT2D eigenvalue weighted by Gasteiger charge is 2.44. The Kier molecular flexibility index (Phi) is 6.84. The molecular weight excluding hydrogens is 478 g/mol. The van der Waals surface area contributed by atoms with Crippen molar-refractivity contribution in [3.63, 3.8) is 0 Å². The van der Waals surface area contributed by atoms with E-state index in [4.69, 9.17) is 4.74 Å². The molecule has 4 heterocycles. The van der Waals surface area contributed by atoms with E-state index in [1.165, 1.54) is 24.2 Å². The highest BCUT2D eigenvalue weighted by Crippen LogP contribution is 2.51. The third-order valence-electron chi connectivity index (χ3n) is 6.68. The normalized spacial score (nSPS) is 17.0. The van der Waals surface area contributed by atoms with Gasteiger partial charge in [-0.3, -0.25) is 10.1 Å². The summed E-state index contributed by atoms with van der Waals surface area (Å²) in [6, 6.07) is 10.9. The number of nitrogens with one attached hydrogen (secondary N) is 3. The number of likely N-dealkylation sites (tertiary alicyclic amines) is 1. The Labute approximate surface area is 213 Å². The maximum atomic E-state index is 13.4. The first-order chi connectivity index (χ1) is 17.4. The van der Waals surface area contributed by atoms with Gasteiger partial charge in [-0.2, -0.15) is 4.98 Å². The van der Waals surface area contributed by atoms with E-state index in [1.807, 2.05) is 44.2 Å². The predicted octanol–water partition coefficient (Wildman–Crippen LogP) is 4.05. The van der Waals surface area contributed by atoms with Crippen LogP contribution in [-0.2, 0) is 4.79 Å². The summed E-state index contributed by atoms with van der Waals surface area (Å²) in [4.78, 5) is 32.7. The van der Waals surface area contributed by atoms with Crippen LogP contribution in [0.1, 0.15) is 43.7 Å². The summed E-state index contributed by atoms with van der Waals surface area (Å²) in [5, 5.41) is 16.7. The molecule has 0 saturated carbocycles. The molecular formula is C25H29N7O3S. The molecule has 0 radical (unpaired) electrons. The Morgan fingerprint density at radius 2 is 1.92 bits per heavy atom. The van der Waals surface area contributed by atoms with Crippen LogP contribution in [0, 0.1) is 5.41 Å². The Hall–Kier alpha value is -3.57. The molecule has 5 rings (SSSR count). The van der Waals surface area contributed by atoms with Crippen molar-refractivity contribution in [2.24, 2.45) is 5.41 Å². The Bertz CT molecular complexity index is 1240. The average molecular weight is 508 g/mol. The fourth-order valence-electron chi connectivity index (χ4n) is 4.79. The number of ether oxygens (including phenoxy) is 1. The van der Waals surface area contributed by atoms with Gasteiger partial charge in [0.2, 0.25) is 16.9 Å². The topological polar surface area (TPSA) is 121 Å². The monoisotopic (exact) mass is 507 g/mol. The van der Waals surface area contributed by atoms with Gasteiger partial charge in [0.05, 0.1) is 5.41 Å². The van der Waals surface area contributed by atoms with E-state index in [9.17, 15) is 9.59 Å². The number of urea groups is 1. The van der Waals surface area contributed by atoms with E-state index in [0.717, 1.165) is 30.8 Å². The van der Waals surface area contributed by atoms with Crippen LogP contribution in [0.2, 0.25) is 0 Å². The largest absolute Gasteiger partial charge is 0.438 e. The van der Waals surface area contributed by atoms with E-state index in [2.05, 4.69) is 36.0 Å². The lowest BCUT2D eigenvalue weighted by molar-refractivity contribution is -0.124. The summed E-state index contributed by atoms with van der Waals surface area (Å²) in [6.45, 7) is 7.36. The van der Waals surface area contributed by atoms with E-state index >= 15 is 0 Å². The van der Waals surface area contributed by atoms with Crippen LogP contribution in [0.4, 0.5) is 15.7 Å². The highest BCUT2D eigenvalue weighted by atomic mass is 32.1. The number of anilines is 2. The number of pyridine rings is 1. The van der Waals surface area contributed by atoms with E-state index in [1.54, 1.807) is 11.6 Å². The number of benzene rings is 1. The lowest BCUT2D eigenvalue weighted by atomic mass is 9.70. The summed E-state index contributed by atoms with van der Waals surface area (Å²) < 4.78 is 6.12. The van der Waals surface area contributed by atoms with Crippen molar-refractivity contribution in [3.05, 3.63) is 53.0 Å². The zero-order valence-corrected chi connectivity index (χ0v) is 21.1. The van der Waals surface area contributed by atoms with Gasteiger partial charge in [0.25, 0.3) is 0 Å². The van der Waals surface area contributed by atoms with Crippen LogP contribution < -0.4 is 20.7 Å². The number of fused-ring (bicyclic) bond motifs is 2. The summed E-state index contributed by atoms with van der Waals surface area (Å²) in [5.41, 5.74) is 2.36. The first-order valence-corrected chi connectivity index (χ1v) is 12.9. The molecule has 3 N–H and O–H groups in total. The molecule has 11 heteroatoms. The summed E-state index contributed by atoms with van der Waals surface area (Å²) in [6.07, 6.45) is 2.44. The molecule has 3 aromatic rings. The van der Waals surface area contributed by atoms with Crippen LogP contribution in [0.15, 0.2) is 41.9 Å². The standard InChI is InChI=1S/C25H29N7O3S/c1-25(2,22(33)30-24-31-27-15-36-24)20-16-7-3-4-8-18(16)35-21-17(20)9-10-19(28-21)29-23(34)26-11-14-32-12-5-6-13-32/h3-4,7-10,15,20H,5-6,11-14H2,1-2H3,(H,30,31,33)(H2,26,28,29,34)/t20-/m0/s1. The highest BCUT2D eigenvalue weighted by molar-refractivity contribution is 7.13. The van der Waals surface area contributed by atoms with Crippen molar-refractivity contribution in [1.82, 2.24) is 25.4 Å². The summed E-state index contributed by atoms with van der Waals surface area (Å²) >= 11 is 1.27. The molecule has 0 aliphatic carbocycles. The number of para-hydroxylation sites is 1. The van der Waals surface area contributed by atoms with Crippen LogP contribution >= 0.6 is 11.3 Å². The van der Waals surface area contributed by atoms with Crippen molar-refractivity contribution in [2.75, 3.05) is 36.8 Å². The van der Waals surface area contributed by atoms with Crippen LogP contribution in [0.5, 0.6) is 11.6 Å². The zero-order valence-electron chi connectivity index (χ0n) is 20.3. The first-order valence-electron chi connectivity index (χ1n) is 12.0. The molecule has 36 heavy (non-hydrogen) atoms. The smallest absolute Gasteiger partial charge is 0.320 e. The molecule has 0 spiro atoms.